The Bertz CT molecular complexity index is 807. The number of rotatable bonds is 5. The second-order valence-corrected chi connectivity index (χ2v) is 9.29. The van der Waals surface area contributed by atoms with Crippen LogP contribution in [0, 0.1) is 5.82 Å². The molecule has 1 heterocycles. The van der Waals surface area contributed by atoms with Crippen molar-refractivity contribution < 1.29 is 26.0 Å². The van der Waals surface area contributed by atoms with Crippen LogP contribution in [-0.2, 0) is 24.7 Å². The van der Waals surface area contributed by atoms with Crippen LogP contribution in [0.2, 0.25) is 0 Å². The first-order chi connectivity index (χ1) is 10.6. The average molecular weight is 364 g/mol. The van der Waals surface area contributed by atoms with Gasteiger partial charge in [-0.05, 0) is 25.5 Å². The Morgan fingerprint density at radius 1 is 1.35 bits per heavy atom. The van der Waals surface area contributed by atoms with E-state index in [9.17, 15) is 26.0 Å². The predicted octanol–water partition coefficient (Wildman–Crippen LogP) is -0.204. The highest BCUT2D eigenvalue weighted by Gasteiger charge is 2.31. The van der Waals surface area contributed by atoms with Gasteiger partial charge in [-0.3, -0.25) is 4.79 Å². The number of amides is 1. The summed E-state index contributed by atoms with van der Waals surface area (Å²) in [6.07, 6.45) is 0.293. The van der Waals surface area contributed by atoms with E-state index >= 15 is 0 Å². The van der Waals surface area contributed by atoms with E-state index in [1.165, 1.54) is 19.1 Å². The maximum atomic E-state index is 13.6. The Labute approximate surface area is 134 Å². The van der Waals surface area contributed by atoms with E-state index in [2.05, 4.69) is 10.0 Å². The van der Waals surface area contributed by atoms with E-state index in [0.29, 0.717) is 6.42 Å². The van der Waals surface area contributed by atoms with Crippen molar-refractivity contribution in [3.8, 4) is 0 Å². The monoisotopic (exact) mass is 364 g/mol. The van der Waals surface area contributed by atoms with E-state index in [0.717, 1.165) is 12.1 Å². The highest BCUT2D eigenvalue weighted by Crippen LogP contribution is 2.14. The van der Waals surface area contributed by atoms with Crippen LogP contribution >= 0.6 is 0 Å². The first-order valence-corrected chi connectivity index (χ1v) is 10.2. The van der Waals surface area contributed by atoms with Crippen molar-refractivity contribution in [2.24, 2.45) is 0 Å². The number of sulfone groups is 1. The van der Waals surface area contributed by atoms with E-state index in [1.54, 1.807) is 0 Å². The molecule has 0 spiro atoms. The summed E-state index contributed by atoms with van der Waals surface area (Å²) in [7, 11) is -7.35. The molecule has 1 aliphatic heterocycles. The van der Waals surface area contributed by atoms with Crippen molar-refractivity contribution in [3.63, 3.8) is 0 Å². The molecule has 2 atom stereocenters. The number of carbonyl (C=O) groups is 1. The summed E-state index contributed by atoms with van der Waals surface area (Å²) in [5.74, 6) is -1.75. The number of halogens is 1. The van der Waals surface area contributed by atoms with Gasteiger partial charge in [0.25, 0.3) is 0 Å². The molecular formula is C13H17FN2O5S2. The summed E-state index contributed by atoms with van der Waals surface area (Å²) < 4.78 is 62.5. The number of hydrogen-bond acceptors (Lipinski definition) is 5. The number of hydrogen-bond donors (Lipinski definition) is 2. The summed E-state index contributed by atoms with van der Waals surface area (Å²) in [5.41, 5.74) is 0. The molecule has 0 radical (unpaired) electrons. The third kappa shape index (κ3) is 4.49. The van der Waals surface area contributed by atoms with Crippen LogP contribution in [0.3, 0.4) is 0 Å². The van der Waals surface area contributed by atoms with Crippen LogP contribution in [0.5, 0.6) is 0 Å². The molecular weight excluding hydrogens is 347 g/mol. The summed E-state index contributed by atoms with van der Waals surface area (Å²) in [5, 5.41) is 2.48. The molecule has 1 aromatic carbocycles. The summed E-state index contributed by atoms with van der Waals surface area (Å²) in [6, 6.07) is 3.11. The summed E-state index contributed by atoms with van der Waals surface area (Å²) in [6.45, 7) is 1.30. The van der Waals surface area contributed by atoms with Crippen LogP contribution < -0.4 is 10.0 Å². The molecule has 0 aromatic heterocycles. The summed E-state index contributed by atoms with van der Waals surface area (Å²) in [4.78, 5) is 11.4. The first kappa shape index (κ1) is 17.8. The molecule has 1 aromatic rings. The van der Waals surface area contributed by atoms with Gasteiger partial charge in [0.05, 0.1) is 17.5 Å². The molecule has 0 saturated carbocycles. The molecule has 1 unspecified atom stereocenters. The standard InChI is InChI=1S/C13H17FN2O5S2/c1-9(13(17)15-10-6-7-22(18,19)8-10)16-23(20,21)12-5-3-2-4-11(12)14/h2-5,9-10,16H,6-8H2,1H3,(H,15,17)/t9-,10?/m0/s1. The Hall–Kier alpha value is -1.52. The second-order valence-electron chi connectivity index (χ2n) is 5.38. The van der Waals surface area contributed by atoms with Crippen LogP contribution in [0.1, 0.15) is 13.3 Å². The number of benzene rings is 1. The Balaban J connectivity index is 2.02. The second kappa shape index (κ2) is 6.54. The molecule has 7 nitrogen and oxygen atoms in total. The lowest BCUT2D eigenvalue weighted by molar-refractivity contribution is -0.122. The topological polar surface area (TPSA) is 109 Å². The zero-order valence-corrected chi connectivity index (χ0v) is 14.0. The SMILES string of the molecule is C[C@H](NS(=O)(=O)c1ccccc1F)C(=O)NC1CCS(=O)(=O)C1. The van der Waals surface area contributed by atoms with Crippen LogP contribution in [0.15, 0.2) is 29.2 Å². The van der Waals surface area contributed by atoms with Crippen molar-refractivity contribution in [1.29, 1.82) is 0 Å². The van der Waals surface area contributed by atoms with Gasteiger partial charge in [0.2, 0.25) is 15.9 Å². The molecule has 2 N–H and O–H groups in total. The van der Waals surface area contributed by atoms with Gasteiger partial charge < -0.3 is 5.32 Å². The molecule has 2 rings (SSSR count). The Morgan fingerprint density at radius 2 is 2.00 bits per heavy atom. The highest BCUT2D eigenvalue weighted by atomic mass is 32.2. The highest BCUT2D eigenvalue weighted by molar-refractivity contribution is 7.91. The third-order valence-electron chi connectivity index (χ3n) is 3.43. The molecule has 10 heteroatoms. The van der Waals surface area contributed by atoms with E-state index in [-0.39, 0.29) is 11.5 Å². The maximum absolute atomic E-state index is 13.6. The minimum Gasteiger partial charge on any atom is -0.351 e. The quantitative estimate of drug-likeness (QED) is 0.752. The molecule has 23 heavy (non-hydrogen) atoms. The molecule has 128 valence electrons. The van der Waals surface area contributed by atoms with Gasteiger partial charge in [-0.1, -0.05) is 12.1 Å². The van der Waals surface area contributed by atoms with Gasteiger partial charge >= 0.3 is 0 Å². The Morgan fingerprint density at radius 3 is 2.57 bits per heavy atom. The molecule has 1 aliphatic rings. The fourth-order valence-electron chi connectivity index (χ4n) is 2.25. The largest absolute Gasteiger partial charge is 0.351 e. The maximum Gasteiger partial charge on any atom is 0.244 e. The predicted molar refractivity (Wildman–Crippen MR) is 81.4 cm³/mol. The van der Waals surface area contributed by atoms with Crippen molar-refractivity contribution in [3.05, 3.63) is 30.1 Å². The minimum atomic E-state index is -4.20. The zero-order chi connectivity index (χ0) is 17.3. The summed E-state index contributed by atoms with van der Waals surface area (Å²) >= 11 is 0. The van der Waals surface area contributed by atoms with Crippen molar-refractivity contribution in [2.75, 3.05) is 11.5 Å². The lowest BCUT2D eigenvalue weighted by atomic mass is 10.2. The minimum absolute atomic E-state index is 0.00667. The van der Waals surface area contributed by atoms with Gasteiger partial charge in [0, 0.05) is 6.04 Å². The molecule has 1 saturated heterocycles. The van der Waals surface area contributed by atoms with Crippen LogP contribution in [-0.4, -0.2) is 46.3 Å². The van der Waals surface area contributed by atoms with Gasteiger partial charge in [0.1, 0.15) is 10.7 Å². The van der Waals surface area contributed by atoms with Gasteiger partial charge in [-0.15, -0.1) is 0 Å². The van der Waals surface area contributed by atoms with Gasteiger partial charge in [-0.25, -0.2) is 21.2 Å². The van der Waals surface area contributed by atoms with Crippen LogP contribution in [0.4, 0.5) is 4.39 Å². The fourth-order valence-corrected chi connectivity index (χ4v) is 5.20. The van der Waals surface area contributed by atoms with Crippen molar-refractivity contribution >= 4 is 25.8 Å². The van der Waals surface area contributed by atoms with Crippen molar-refractivity contribution in [2.45, 2.75) is 30.3 Å². The lowest BCUT2D eigenvalue weighted by Crippen LogP contribution is -2.48. The lowest BCUT2D eigenvalue weighted by Gasteiger charge is -2.17. The number of nitrogens with one attached hydrogen (secondary N) is 2. The molecule has 1 fully saturated rings. The third-order valence-corrected chi connectivity index (χ3v) is 6.77. The number of sulfonamides is 1. The first-order valence-electron chi connectivity index (χ1n) is 6.88. The number of carbonyl (C=O) groups excluding carboxylic acids is 1. The zero-order valence-electron chi connectivity index (χ0n) is 12.3. The van der Waals surface area contributed by atoms with E-state index in [1.807, 2.05) is 0 Å². The molecule has 0 bridgehead atoms. The Kier molecular flexibility index (Phi) is 5.07. The molecule has 1 amide bonds. The van der Waals surface area contributed by atoms with Gasteiger partial charge in [0.15, 0.2) is 9.84 Å². The van der Waals surface area contributed by atoms with E-state index < -0.39 is 48.6 Å². The smallest absolute Gasteiger partial charge is 0.244 e. The van der Waals surface area contributed by atoms with E-state index in [4.69, 9.17) is 0 Å². The van der Waals surface area contributed by atoms with Crippen LogP contribution in [0.25, 0.3) is 0 Å². The van der Waals surface area contributed by atoms with Crippen molar-refractivity contribution in [1.82, 2.24) is 10.0 Å². The molecule has 0 aliphatic carbocycles. The average Bonchev–Trinajstić information content (AvgIpc) is 2.77. The van der Waals surface area contributed by atoms with Gasteiger partial charge in [-0.2, -0.15) is 4.72 Å². The fraction of sp³-hybridized carbons (Fsp3) is 0.462. The normalized spacial score (nSPS) is 21.7.